The molecule has 2 aromatic heterocycles. The van der Waals surface area contributed by atoms with E-state index in [1.54, 1.807) is 6.07 Å². The Hall–Kier alpha value is -2.39. The number of aryl methyl sites for hydroxylation is 1. The van der Waals surface area contributed by atoms with Crippen LogP contribution in [-0.2, 0) is 11.8 Å². The maximum Gasteiger partial charge on any atom is 0.142 e. The molecule has 108 valence electrons. The van der Waals surface area contributed by atoms with Crippen molar-refractivity contribution < 1.29 is 4.74 Å². The van der Waals surface area contributed by atoms with Gasteiger partial charge in [-0.3, -0.25) is 4.68 Å². The summed E-state index contributed by atoms with van der Waals surface area (Å²) in [5.74, 6) is 0.705. The Bertz CT molecular complexity index is 688. The number of pyridine rings is 1. The SMILES string of the molecule is Cc1c([C@H]2OCC[C@@H]2Nc2cccc(C#N)n2)cnn1C. The molecule has 0 spiro atoms. The third-order valence-corrected chi connectivity index (χ3v) is 3.87. The zero-order valence-electron chi connectivity index (χ0n) is 12.1. The molecule has 0 amide bonds. The van der Waals surface area contributed by atoms with Gasteiger partial charge in [-0.25, -0.2) is 4.98 Å². The van der Waals surface area contributed by atoms with Gasteiger partial charge in [0.2, 0.25) is 0 Å². The van der Waals surface area contributed by atoms with Crippen LogP contribution < -0.4 is 5.32 Å². The Labute approximate surface area is 123 Å². The minimum absolute atomic E-state index is 0.0359. The molecule has 2 aromatic rings. The molecule has 3 heterocycles. The quantitative estimate of drug-likeness (QED) is 0.931. The summed E-state index contributed by atoms with van der Waals surface area (Å²) in [5.41, 5.74) is 2.62. The second-order valence-electron chi connectivity index (χ2n) is 5.16. The number of nitriles is 1. The molecule has 1 fully saturated rings. The number of anilines is 1. The van der Waals surface area contributed by atoms with E-state index in [1.165, 1.54) is 0 Å². The van der Waals surface area contributed by atoms with E-state index in [0.29, 0.717) is 18.1 Å². The van der Waals surface area contributed by atoms with Crippen molar-refractivity contribution in [1.29, 1.82) is 5.26 Å². The predicted molar refractivity (Wildman–Crippen MR) is 77.6 cm³/mol. The number of nitrogens with zero attached hydrogens (tertiary/aromatic N) is 4. The van der Waals surface area contributed by atoms with Crippen molar-refractivity contribution in [1.82, 2.24) is 14.8 Å². The van der Waals surface area contributed by atoms with Crippen molar-refractivity contribution in [2.45, 2.75) is 25.5 Å². The van der Waals surface area contributed by atoms with E-state index in [4.69, 9.17) is 10.00 Å². The fourth-order valence-corrected chi connectivity index (χ4v) is 2.61. The summed E-state index contributed by atoms with van der Waals surface area (Å²) in [6.07, 6.45) is 2.72. The van der Waals surface area contributed by atoms with E-state index in [1.807, 2.05) is 37.0 Å². The highest BCUT2D eigenvalue weighted by molar-refractivity contribution is 5.40. The van der Waals surface area contributed by atoms with Crippen LogP contribution in [0.4, 0.5) is 5.82 Å². The van der Waals surface area contributed by atoms with Gasteiger partial charge in [-0.1, -0.05) is 6.07 Å². The number of ether oxygens (including phenoxy) is 1. The first-order valence-corrected chi connectivity index (χ1v) is 6.93. The van der Waals surface area contributed by atoms with Crippen LogP contribution in [0.15, 0.2) is 24.4 Å². The number of hydrogen-bond acceptors (Lipinski definition) is 5. The summed E-state index contributed by atoms with van der Waals surface area (Å²) in [7, 11) is 1.92. The van der Waals surface area contributed by atoms with Crippen LogP contribution in [0.3, 0.4) is 0 Å². The van der Waals surface area contributed by atoms with Crippen molar-refractivity contribution in [3.05, 3.63) is 41.3 Å². The molecule has 6 nitrogen and oxygen atoms in total. The second-order valence-corrected chi connectivity index (χ2v) is 5.16. The number of rotatable bonds is 3. The molecule has 0 bridgehead atoms. The lowest BCUT2D eigenvalue weighted by molar-refractivity contribution is 0.107. The molecule has 0 radical (unpaired) electrons. The number of hydrogen-bond donors (Lipinski definition) is 1. The van der Waals surface area contributed by atoms with E-state index in [-0.39, 0.29) is 12.1 Å². The van der Waals surface area contributed by atoms with E-state index in [2.05, 4.69) is 21.5 Å². The third-order valence-electron chi connectivity index (χ3n) is 3.87. The third kappa shape index (κ3) is 2.60. The Balaban J connectivity index is 1.81. The van der Waals surface area contributed by atoms with Crippen molar-refractivity contribution in [3.63, 3.8) is 0 Å². The van der Waals surface area contributed by atoms with Gasteiger partial charge in [0.15, 0.2) is 0 Å². The van der Waals surface area contributed by atoms with Crippen LogP contribution in [0.25, 0.3) is 0 Å². The Morgan fingerprint density at radius 2 is 2.33 bits per heavy atom. The van der Waals surface area contributed by atoms with Crippen LogP contribution in [0, 0.1) is 18.3 Å². The maximum atomic E-state index is 8.92. The minimum Gasteiger partial charge on any atom is -0.371 e. The molecule has 1 aliphatic rings. The van der Waals surface area contributed by atoms with Gasteiger partial charge in [-0.05, 0) is 25.5 Å². The summed E-state index contributed by atoms with van der Waals surface area (Å²) in [6, 6.07) is 7.57. The van der Waals surface area contributed by atoms with Gasteiger partial charge in [0.1, 0.15) is 23.7 Å². The highest BCUT2D eigenvalue weighted by atomic mass is 16.5. The molecule has 0 aliphatic carbocycles. The Morgan fingerprint density at radius 3 is 3.05 bits per heavy atom. The normalized spacial score (nSPS) is 21.2. The Kier molecular flexibility index (Phi) is 3.59. The lowest BCUT2D eigenvalue weighted by Gasteiger charge is -2.20. The van der Waals surface area contributed by atoms with Gasteiger partial charge in [-0.2, -0.15) is 10.4 Å². The first kappa shape index (κ1) is 13.6. The average molecular weight is 283 g/mol. The first-order valence-electron chi connectivity index (χ1n) is 6.93. The molecule has 0 aromatic carbocycles. The molecule has 1 saturated heterocycles. The van der Waals surface area contributed by atoms with Crippen molar-refractivity contribution in [2.24, 2.45) is 7.05 Å². The Morgan fingerprint density at radius 1 is 1.48 bits per heavy atom. The first-order chi connectivity index (χ1) is 10.2. The summed E-state index contributed by atoms with van der Waals surface area (Å²) in [6.45, 7) is 2.74. The molecule has 6 heteroatoms. The molecule has 0 saturated carbocycles. The number of nitrogens with one attached hydrogen (secondary N) is 1. The van der Waals surface area contributed by atoms with E-state index < -0.39 is 0 Å². The van der Waals surface area contributed by atoms with Crippen LogP contribution in [0.5, 0.6) is 0 Å². The van der Waals surface area contributed by atoms with E-state index in [0.717, 1.165) is 17.7 Å². The number of aromatic nitrogens is 3. The van der Waals surface area contributed by atoms with Crippen LogP contribution in [-0.4, -0.2) is 27.4 Å². The molecular weight excluding hydrogens is 266 g/mol. The zero-order valence-corrected chi connectivity index (χ0v) is 12.1. The van der Waals surface area contributed by atoms with Gasteiger partial charge < -0.3 is 10.1 Å². The predicted octanol–water partition coefficient (Wildman–Crippen LogP) is 1.94. The van der Waals surface area contributed by atoms with Crippen molar-refractivity contribution >= 4 is 5.82 Å². The second kappa shape index (κ2) is 5.54. The average Bonchev–Trinajstić information content (AvgIpc) is 3.07. The summed E-state index contributed by atoms with van der Waals surface area (Å²) in [5, 5.41) is 16.6. The summed E-state index contributed by atoms with van der Waals surface area (Å²) < 4.78 is 7.72. The summed E-state index contributed by atoms with van der Waals surface area (Å²) in [4.78, 5) is 4.26. The van der Waals surface area contributed by atoms with Gasteiger partial charge in [0.05, 0.1) is 12.2 Å². The van der Waals surface area contributed by atoms with Crippen molar-refractivity contribution in [3.8, 4) is 6.07 Å². The zero-order chi connectivity index (χ0) is 14.8. The smallest absolute Gasteiger partial charge is 0.142 e. The van der Waals surface area contributed by atoms with E-state index >= 15 is 0 Å². The molecule has 1 aliphatic heterocycles. The fourth-order valence-electron chi connectivity index (χ4n) is 2.61. The van der Waals surface area contributed by atoms with Crippen molar-refractivity contribution in [2.75, 3.05) is 11.9 Å². The molecule has 0 unspecified atom stereocenters. The van der Waals surface area contributed by atoms with Gasteiger partial charge in [-0.15, -0.1) is 0 Å². The molecule has 21 heavy (non-hydrogen) atoms. The van der Waals surface area contributed by atoms with Gasteiger partial charge in [0, 0.05) is 24.9 Å². The minimum atomic E-state index is -0.0359. The highest BCUT2D eigenvalue weighted by Crippen LogP contribution is 2.32. The lowest BCUT2D eigenvalue weighted by Crippen LogP contribution is -2.24. The van der Waals surface area contributed by atoms with Gasteiger partial charge >= 0.3 is 0 Å². The fraction of sp³-hybridized carbons (Fsp3) is 0.400. The van der Waals surface area contributed by atoms with Gasteiger partial charge in [0.25, 0.3) is 0 Å². The maximum absolute atomic E-state index is 8.92. The molecule has 1 N–H and O–H groups in total. The van der Waals surface area contributed by atoms with Crippen LogP contribution in [0.2, 0.25) is 0 Å². The van der Waals surface area contributed by atoms with Crippen LogP contribution >= 0.6 is 0 Å². The highest BCUT2D eigenvalue weighted by Gasteiger charge is 2.32. The monoisotopic (exact) mass is 283 g/mol. The van der Waals surface area contributed by atoms with Crippen LogP contribution in [0.1, 0.15) is 29.5 Å². The van der Waals surface area contributed by atoms with E-state index in [9.17, 15) is 0 Å². The largest absolute Gasteiger partial charge is 0.371 e. The molecule has 2 atom stereocenters. The lowest BCUT2D eigenvalue weighted by atomic mass is 10.0. The summed E-state index contributed by atoms with van der Waals surface area (Å²) >= 11 is 0. The molecular formula is C15H17N5O. The molecule has 3 rings (SSSR count). The standard InChI is InChI=1S/C15H17N5O/c1-10-12(9-17-20(10)2)15-13(6-7-21-15)19-14-5-3-4-11(8-16)18-14/h3-5,9,13,15H,6-7H2,1-2H3,(H,18,19)/t13-,15+/m0/s1. The topological polar surface area (TPSA) is 75.8 Å².